The third-order valence-corrected chi connectivity index (χ3v) is 2.17. The van der Waals surface area contributed by atoms with Gasteiger partial charge in [0.15, 0.2) is 0 Å². The van der Waals surface area contributed by atoms with E-state index < -0.39 is 17.6 Å². The molecule has 2 amide bonds. The number of amides is 2. The molecule has 19 heavy (non-hydrogen) atoms. The van der Waals surface area contributed by atoms with Crippen LogP contribution in [-0.4, -0.2) is 17.6 Å². The summed E-state index contributed by atoms with van der Waals surface area (Å²) in [6.45, 7) is 5.13. The van der Waals surface area contributed by atoms with Crippen molar-refractivity contribution in [3.63, 3.8) is 0 Å². The summed E-state index contributed by atoms with van der Waals surface area (Å²) in [6.07, 6.45) is -0.763. The topological polar surface area (TPSA) is 93.5 Å². The summed E-state index contributed by atoms with van der Waals surface area (Å²) in [6, 6.07) is 4.47. The van der Waals surface area contributed by atoms with Crippen LogP contribution in [0.1, 0.15) is 31.1 Å². The lowest BCUT2D eigenvalue weighted by Gasteiger charge is -2.19. The zero-order chi connectivity index (χ0) is 14.6. The van der Waals surface area contributed by atoms with Crippen molar-refractivity contribution in [1.82, 2.24) is 10.9 Å². The van der Waals surface area contributed by atoms with Gasteiger partial charge in [0.05, 0.1) is 5.56 Å². The van der Waals surface area contributed by atoms with Gasteiger partial charge in [-0.05, 0) is 39.0 Å². The second-order valence-electron chi connectivity index (χ2n) is 4.81. The highest BCUT2D eigenvalue weighted by atomic mass is 35.5. The molecule has 0 aliphatic rings. The van der Waals surface area contributed by atoms with E-state index in [1.54, 1.807) is 26.8 Å². The quantitative estimate of drug-likeness (QED) is 0.544. The van der Waals surface area contributed by atoms with E-state index in [0.29, 0.717) is 5.02 Å². The van der Waals surface area contributed by atoms with E-state index in [-0.39, 0.29) is 11.3 Å². The minimum atomic E-state index is -0.763. The standard InChI is InChI=1S/C12H16ClN3O3/c1-12(2,3)19-11(18)16-15-10(17)8-6-7(13)4-5-9(8)14/h4-6H,14H2,1-3H3,(H,15,17)(H,16,18). The van der Waals surface area contributed by atoms with Crippen LogP contribution in [0.5, 0.6) is 0 Å². The number of nitrogens with one attached hydrogen (secondary N) is 2. The smallest absolute Gasteiger partial charge is 0.426 e. The van der Waals surface area contributed by atoms with Crippen molar-refractivity contribution in [3.8, 4) is 0 Å². The van der Waals surface area contributed by atoms with Gasteiger partial charge in [-0.15, -0.1) is 0 Å². The van der Waals surface area contributed by atoms with Crippen LogP contribution in [0.2, 0.25) is 5.02 Å². The van der Waals surface area contributed by atoms with Gasteiger partial charge in [0.25, 0.3) is 5.91 Å². The van der Waals surface area contributed by atoms with Crippen LogP contribution in [0.4, 0.5) is 10.5 Å². The van der Waals surface area contributed by atoms with Crippen molar-refractivity contribution in [2.75, 3.05) is 5.73 Å². The summed E-state index contributed by atoms with van der Waals surface area (Å²) in [5, 5.41) is 0.372. The van der Waals surface area contributed by atoms with Crippen molar-refractivity contribution in [2.24, 2.45) is 0 Å². The molecular formula is C12H16ClN3O3. The maximum Gasteiger partial charge on any atom is 0.426 e. The van der Waals surface area contributed by atoms with Crippen LogP contribution < -0.4 is 16.6 Å². The van der Waals surface area contributed by atoms with Crippen LogP contribution in [-0.2, 0) is 4.74 Å². The maximum atomic E-state index is 11.8. The fourth-order valence-corrected chi connectivity index (χ4v) is 1.38. The number of anilines is 1. The van der Waals surface area contributed by atoms with Gasteiger partial charge in [-0.3, -0.25) is 10.2 Å². The van der Waals surface area contributed by atoms with Crippen molar-refractivity contribution >= 4 is 29.3 Å². The summed E-state index contributed by atoms with van der Waals surface area (Å²) in [4.78, 5) is 23.1. The molecule has 0 aliphatic heterocycles. The van der Waals surface area contributed by atoms with Gasteiger partial charge >= 0.3 is 6.09 Å². The molecule has 1 rings (SSSR count). The molecular weight excluding hydrogens is 270 g/mol. The Kier molecular flexibility index (Phi) is 4.61. The highest BCUT2D eigenvalue weighted by molar-refractivity contribution is 6.31. The Morgan fingerprint density at radius 2 is 1.89 bits per heavy atom. The van der Waals surface area contributed by atoms with Crippen molar-refractivity contribution in [2.45, 2.75) is 26.4 Å². The third-order valence-electron chi connectivity index (χ3n) is 1.94. The predicted molar refractivity (Wildman–Crippen MR) is 72.7 cm³/mol. The molecule has 0 saturated carbocycles. The highest BCUT2D eigenvalue weighted by Crippen LogP contribution is 2.17. The minimum absolute atomic E-state index is 0.170. The number of hydrogen-bond donors (Lipinski definition) is 3. The number of ether oxygens (including phenoxy) is 1. The second-order valence-corrected chi connectivity index (χ2v) is 5.25. The minimum Gasteiger partial charge on any atom is -0.443 e. The summed E-state index contributed by atoms with van der Waals surface area (Å²) >= 11 is 5.76. The molecule has 1 aromatic rings. The molecule has 0 heterocycles. The monoisotopic (exact) mass is 285 g/mol. The van der Waals surface area contributed by atoms with E-state index in [9.17, 15) is 9.59 Å². The number of rotatable bonds is 1. The Morgan fingerprint density at radius 1 is 1.26 bits per heavy atom. The number of benzene rings is 1. The summed E-state index contributed by atoms with van der Waals surface area (Å²) < 4.78 is 4.96. The molecule has 0 radical (unpaired) electrons. The summed E-state index contributed by atoms with van der Waals surface area (Å²) in [5.41, 5.74) is 9.73. The van der Waals surface area contributed by atoms with E-state index in [0.717, 1.165) is 0 Å². The fourth-order valence-electron chi connectivity index (χ4n) is 1.20. The molecule has 0 atom stereocenters. The molecule has 6 nitrogen and oxygen atoms in total. The van der Waals surface area contributed by atoms with Crippen molar-refractivity contribution in [3.05, 3.63) is 28.8 Å². The molecule has 4 N–H and O–H groups in total. The number of hydrogen-bond acceptors (Lipinski definition) is 4. The van der Waals surface area contributed by atoms with Gasteiger partial charge in [0.2, 0.25) is 0 Å². The van der Waals surface area contributed by atoms with Crippen LogP contribution >= 0.6 is 11.6 Å². The highest BCUT2D eigenvalue weighted by Gasteiger charge is 2.17. The van der Waals surface area contributed by atoms with E-state index in [1.807, 2.05) is 0 Å². The normalized spacial score (nSPS) is 10.7. The Hall–Kier alpha value is -1.95. The molecule has 7 heteroatoms. The molecule has 0 aromatic heterocycles. The van der Waals surface area contributed by atoms with Gasteiger partial charge in [-0.2, -0.15) is 0 Å². The number of halogens is 1. The largest absolute Gasteiger partial charge is 0.443 e. The predicted octanol–water partition coefficient (Wildman–Crippen LogP) is 2.09. The van der Waals surface area contributed by atoms with Gasteiger partial charge < -0.3 is 10.5 Å². The van der Waals surface area contributed by atoms with Gasteiger partial charge in [0, 0.05) is 10.7 Å². The molecule has 0 spiro atoms. The number of nitrogens with two attached hydrogens (primary N) is 1. The van der Waals surface area contributed by atoms with Crippen molar-refractivity contribution < 1.29 is 14.3 Å². The van der Waals surface area contributed by atoms with Gasteiger partial charge in [0.1, 0.15) is 5.60 Å². The Morgan fingerprint density at radius 3 is 2.47 bits per heavy atom. The van der Waals surface area contributed by atoms with Gasteiger partial charge in [-0.1, -0.05) is 11.6 Å². The number of nitrogen functional groups attached to an aromatic ring is 1. The zero-order valence-corrected chi connectivity index (χ0v) is 11.7. The van der Waals surface area contributed by atoms with Crippen molar-refractivity contribution in [1.29, 1.82) is 0 Å². The Labute approximate surface area is 116 Å². The average Bonchev–Trinajstić information content (AvgIpc) is 2.27. The maximum absolute atomic E-state index is 11.8. The summed E-state index contributed by atoms with van der Waals surface area (Å²) in [7, 11) is 0. The molecule has 104 valence electrons. The lowest BCUT2D eigenvalue weighted by molar-refractivity contribution is 0.0483. The summed E-state index contributed by atoms with van der Waals surface area (Å²) in [5.74, 6) is -0.578. The molecule has 0 aliphatic carbocycles. The molecule has 0 fully saturated rings. The first-order valence-electron chi connectivity index (χ1n) is 5.53. The molecule has 0 saturated heterocycles. The van der Waals surface area contributed by atoms with Crippen LogP contribution in [0.25, 0.3) is 0 Å². The lowest BCUT2D eigenvalue weighted by Crippen LogP contribution is -2.44. The van der Waals surface area contributed by atoms with Crippen LogP contribution in [0.3, 0.4) is 0 Å². The SMILES string of the molecule is CC(C)(C)OC(=O)NNC(=O)c1cc(Cl)ccc1N. The lowest BCUT2D eigenvalue weighted by atomic mass is 10.2. The molecule has 0 bridgehead atoms. The third kappa shape index (κ3) is 5.05. The first kappa shape index (κ1) is 15.1. The average molecular weight is 286 g/mol. The first-order valence-corrected chi connectivity index (χ1v) is 5.91. The fraction of sp³-hybridized carbons (Fsp3) is 0.333. The number of carbonyl (C=O) groups is 2. The second kappa shape index (κ2) is 5.79. The van der Waals surface area contributed by atoms with Gasteiger partial charge in [-0.25, -0.2) is 10.2 Å². The number of hydrazine groups is 1. The number of carbonyl (C=O) groups excluding carboxylic acids is 2. The van der Waals surface area contributed by atoms with Crippen LogP contribution in [0, 0.1) is 0 Å². The van der Waals surface area contributed by atoms with E-state index in [2.05, 4.69) is 10.9 Å². The molecule has 1 aromatic carbocycles. The van der Waals surface area contributed by atoms with E-state index in [4.69, 9.17) is 22.1 Å². The Balaban J connectivity index is 2.61. The first-order chi connectivity index (χ1) is 8.69. The Bertz CT molecular complexity index is 497. The van der Waals surface area contributed by atoms with E-state index >= 15 is 0 Å². The zero-order valence-electron chi connectivity index (χ0n) is 10.9. The van der Waals surface area contributed by atoms with E-state index in [1.165, 1.54) is 12.1 Å². The van der Waals surface area contributed by atoms with Crippen LogP contribution in [0.15, 0.2) is 18.2 Å². The molecule has 0 unspecified atom stereocenters.